The number of aliphatic hydroxyl groups is 1. The van der Waals surface area contributed by atoms with Gasteiger partial charge in [-0.15, -0.1) is 0 Å². The van der Waals surface area contributed by atoms with Crippen LogP contribution in [0.25, 0.3) is 10.9 Å². The Kier molecular flexibility index (Phi) is 3.77. The highest BCUT2D eigenvalue weighted by atomic mass is 16.3. The number of nitrogens with one attached hydrogen (secondary N) is 1. The minimum Gasteiger partial charge on any atom is -0.388 e. The van der Waals surface area contributed by atoms with Crippen LogP contribution in [0.2, 0.25) is 0 Å². The van der Waals surface area contributed by atoms with Crippen LogP contribution in [-0.4, -0.2) is 27.2 Å². The monoisotopic (exact) mass is 245 g/mol. The van der Waals surface area contributed by atoms with Crippen molar-refractivity contribution < 1.29 is 5.11 Å². The summed E-state index contributed by atoms with van der Waals surface area (Å²) in [6, 6.07) is 7.84. The van der Waals surface area contributed by atoms with Gasteiger partial charge in [0.25, 0.3) is 0 Å². The number of benzene rings is 1. The molecule has 2 rings (SSSR count). The first-order chi connectivity index (χ1) is 8.61. The minimum absolute atomic E-state index is 0.458. The molecule has 0 amide bonds. The number of aromatic nitrogens is 2. The SMILES string of the molecule is CCCC(C)(O)CNc1ncc2ccccc2n1. The van der Waals surface area contributed by atoms with Crippen LogP contribution in [-0.2, 0) is 0 Å². The van der Waals surface area contributed by atoms with E-state index in [-0.39, 0.29) is 0 Å². The topological polar surface area (TPSA) is 58.0 Å². The molecule has 2 N–H and O–H groups in total. The lowest BCUT2D eigenvalue weighted by Crippen LogP contribution is -2.33. The Bertz CT molecular complexity index is 525. The number of rotatable bonds is 5. The molecule has 0 aliphatic carbocycles. The Labute approximate surface area is 107 Å². The van der Waals surface area contributed by atoms with Gasteiger partial charge in [-0.25, -0.2) is 9.97 Å². The van der Waals surface area contributed by atoms with Gasteiger partial charge in [-0.3, -0.25) is 0 Å². The van der Waals surface area contributed by atoms with Gasteiger partial charge in [0.15, 0.2) is 0 Å². The summed E-state index contributed by atoms with van der Waals surface area (Å²) < 4.78 is 0. The summed E-state index contributed by atoms with van der Waals surface area (Å²) in [4.78, 5) is 8.64. The van der Waals surface area contributed by atoms with E-state index < -0.39 is 5.60 Å². The van der Waals surface area contributed by atoms with E-state index in [0.29, 0.717) is 12.5 Å². The lowest BCUT2D eigenvalue weighted by molar-refractivity contribution is 0.0635. The summed E-state index contributed by atoms with van der Waals surface area (Å²) in [6.45, 7) is 4.34. The van der Waals surface area contributed by atoms with E-state index in [1.165, 1.54) is 0 Å². The van der Waals surface area contributed by atoms with Gasteiger partial charge in [0.05, 0.1) is 11.1 Å². The predicted molar refractivity (Wildman–Crippen MR) is 73.6 cm³/mol. The van der Waals surface area contributed by atoms with Crippen LogP contribution in [0.3, 0.4) is 0 Å². The molecule has 2 aromatic rings. The molecule has 1 heterocycles. The molecule has 0 aliphatic heterocycles. The third-order valence-electron chi connectivity index (χ3n) is 2.90. The van der Waals surface area contributed by atoms with Crippen LogP contribution in [0.4, 0.5) is 5.95 Å². The fourth-order valence-corrected chi connectivity index (χ4v) is 1.95. The van der Waals surface area contributed by atoms with Crippen LogP contribution < -0.4 is 5.32 Å². The lowest BCUT2D eigenvalue weighted by atomic mass is 10.0. The van der Waals surface area contributed by atoms with Crippen LogP contribution >= 0.6 is 0 Å². The summed E-state index contributed by atoms with van der Waals surface area (Å²) in [5.41, 5.74) is 0.189. The number of nitrogens with zero attached hydrogens (tertiary/aromatic N) is 2. The van der Waals surface area contributed by atoms with Gasteiger partial charge < -0.3 is 10.4 Å². The second kappa shape index (κ2) is 5.31. The van der Waals surface area contributed by atoms with Crippen molar-refractivity contribution in [2.24, 2.45) is 0 Å². The fourth-order valence-electron chi connectivity index (χ4n) is 1.95. The van der Waals surface area contributed by atoms with Crippen molar-refractivity contribution in [3.8, 4) is 0 Å². The highest BCUT2D eigenvalue weighted by Gasteiger charge is 2.18. The average molecular weight is 245 g/mol. The van der Waals surface area contributed by atoms with Gasteiger partial charge in [0, 0.05) is 18.1 Å². The quantitative estimate of drug-likeness (QED) is 0.850. The summed E-state index contributed by atoms with van der Waals surface area (Å²) in [5.74, 6) is 0.560. The third kappa shape index (κ3) is 3.17. The van der Waals surface area contributed by atoms with E-state index in [1.54, 1.807) is 6.20 Å². The van der Waals surface area contributed by atoms with Crippen molar-refractivity contribution in [2.75, 3.05) is 11.9 Å². The zero-order chi connectivity index (χ0) is 13.0. The Morgan fingerprint density at radius 3 is 2.89 bits per heavy atom. The standard InChI is InChI=1S/C14H19N3O/c1-3-8-14(2,18)10-16-13-15-9-11-6-4-5-7-12(11)17-13/h4-7,9,18H,3,8,10H2,1-2H3,(H,15,16,17). The molecule has 1 atom stereocenters. The molecule has 0 bridgehead atoms. The molecule has 96 valence electrons. The summed E-state index contributed by atoms with van der Waals surface area (Å²) in [5, 5.41) is 14.2. The van der Waals surface area contributed by atoms with Crippen molar-refractivity contribution in [3.05, 3.63) is 30.5 Å². The van der Waals surface area contributed by atoms with E-state index in [1.807, 2.05) is 31.2 Å². The van der Waals surface area contributed by atoms with Crippen LogP contribution in [0.5, 0.6) is 0 Å². The number of para-hydroxylation sites is 1. The molecule has 0 radical (unpaired) electrons. The summed E-state index contributed by atoms with van der Waals surface area (Å²) in [6.07, 6.45) is 3.50. The van der Waals surface area contributed by atoms with Crippen LogP contribution in [0, 0.1) is 0 Å². The molecule has 18 heavy (non-hydrogen) atoms. The van der Waals surface area contributed by atoms with Gasteiger partial charge in [0.2, 0.25) is 5.95 Å². The first-order valence-corrected chi connectivity index (χ1v) is 6.29. The maximum atomic E-state index is 10.1. The maximum Gasteiger partial charge on any atom is 0.223 e. The first kappa shape index (κ1) is 12.8. The summed E-state index contributed by atoms with van der Waals surface area (Å²) in [7, 11) is 0. The van der Waals surface area contributed by atoms with Crippen molar-refractivity contribution in [1.29, 1.82) is 0 Å². The number of hydrogen-bond donors (Lipinski definition) is 2. The van der Waals surface area contributed by atoms with Gasteiger partial charge in [-0.1, -0.05) is 31.5 Å². The van der Waals surface area contributed by atoms with Crippen LogP contribution in [0.1, 0.15) is 26.7 Å². The Morgan fingerprint density at radius 1 is 1.33 bits per heavy atom. The number of anilines is 1. The highest BCUT2D eigenvalue weighted by molar-refractivity contribution is 5.78. The predicted octanol–water partition coefficient (Wildman–Crippen LogP) is 2.59. The van der Waals surface area contributed by atoms with Gasteiger partial charge in [0.1, 0.15) is 0 Å². The van der Waals surface area contributed by atoms with Crippen molar-refractivity contribution in [2.45, 2.75) is 32.3 Å². The molecule has 1 aromatic carbocycles. The normalized spacial score (nSPS) is 14.4. The average Bonchev–Trinajstić information content (AvgIpc) is 2.36. The molecular formula is C14H19N3O. The molecule has 0 spiro atoms. The van der Waals surface area contributed by atoms with Crippen molar-refractivity contribution >= 4 is 16.9 Å². The molecule has 4 nitrogen and oxygen atoms in total. The fraction of sp³-hybridized carbons (Fsp3) is 0.429. The smallest absolute Gasteiger partial charge is 0.223 e. The number of fused-ring (bicyclic) bond motifs is 1. The molecule has 0 fully saturated rings. The van der Waals surface area contributed by atoms with Crippen molar-refractivity contribution in [1.82, 2.24) is 9.97 Å². The van der Waals surface area contributed by atoms with Crippen molar-refractivity contribution in [3.63, 3.8) is 0 Å². The van der Waals surface area contributed by atoms with E-state index in [0.717, 1.165) is 23.7 Å². The second-order valence-electron chi connectivity index (χ2n) is 4.85. The highest BCUT2D eigenvalue weighted by Crippen LogP contribution is 2.14. The zero-order valence-corrected chi connectivity index (χ0v) is 10.8. The minimum atomic E-state index is -0.718. The molecule has 1 aromatic heterocycles. The molecule has 4 heteroatoms. The Hall–Kier alpha value is -1.68. The van der Waals surface area contributed by atoms with E-state index in [9.17, 15) is 5.11 Å². The molecule has 0 saturated heterocycles. The summed E-state index contributed by atoms with van der Waals surface area (Å²) >= 11 is 0. The van der Waals surface area contributed by atoms with Gasteiger partial charge >= 0.3 is 0 Å². The number of hydrogen-bond acceptors (Lipinski definition) is 4. The van der Waals surface area contributed by atoms with Crippen LogP contribution in [0.15, 0.2) is 30.5 Å². The van der Waals surface area contributed by atoms with E-state index in [4.69, 9.17) is 0 Å². The first-order valence-electron chi connectivity index (χ1n) is 6.29. The molecule has 1 unspecified atom stereocenters. The third-order valence-corrected chi connectivity index (χ3v) is 2.90. The maximum absolute atomic E-state index is 10.1. The van der Waals surface area contributed by atoms with Gasteiger partial charge in [-0.05, 0) is 19.4 Å². The zero-order valence-electron chi connectivity index (χ0n) is 10.8. The molecule has 0 aliphatic rings. The molecular weight excluding hydrogens is 226 g/mol. The lowest BCUT2D eigenvalue weighted by Gasteiger charge is -2.22. The Balaban J connectivity index is 2.08. The Morgan fingerprint density at radius 2 is 2.11 bits per heavy atom. The second-order valence-corrected chi connectivity index (χ2v) is 4.85. The van der Waals surface area contributed by atoms with Gasteiger partial charge in [-0.2, -0.15) is 0 Å². The molecule has 0 saturated carbocycles. The van der Waals surface area contributed by atoms with E-state index in [2.05, 4.69) is 22.2 Å². The van der Waals surface area contributed by atoms with E-state index >= 15 is 0 Å². The largest absolute Gasteiger partial charge is 0.388 e.